The van der Waals surface area contributed by atoms with Gasteiger partial charge in [0, 0.05) is 44.4 Å². The first-order chi connectivity index (χ1) is 16.3. The van der Waals surface area contributed by atoms with Crippen LogP contribution in [0.25, 0.3) is 0 Å². The number of hydrogen-bond donors (Lipinski definition) is 1. The zero-order valence-electron chi connectivity index (χ0n) is 18.6. The topological polar surface area (TPSA) is 91.4 Å². The van der Waals surface area contributed by atoms with Gasteiger partial charge in [-0.05, 0) is 42.9 Å². The number of aryl methyl sites for hydroxylation is 1. The summed E-state index contributed by atoms with van der Waals surface area (Å²) in [5, 5.41) is 11.0. The molecule has 5 rings (SSSR count). The Kier molecular flexibility index (Phi) is 5.95. The Hall–Kier alpha value is -3.11. The number of H-pyrrole nitrogens is 1. The second-order valence-corrected chi connectivity index (χ2v) is 9.50. The van der Waals surface area contributed by atoms with E-state index < -0.39 is 17.8 Å². The number of benzene rings is 1. The number of rotatable bonds is 4. The first-order valence-corrected chi connectivity index (χ1v) is 11.5. The monoisotopic (exact) mass is 477 g/mol. The molecular weight excluding hydrogens is 451 g/mol. The van der Waals surface area contributed by atoms with Gasteiger partial charge in [0.25, 0.3) is 0 Å². The molecule has 0 bridgehead atoms. The normalized spacial score (nSPS) is 24.1. The molecule has 2 amide bonds. The Labute approximate surface area is 194 Å². The van der Waals surface area contributed by atoms with Crippen LogP contribution < -0.4 is 0 Å². The number of halogens is 3. The highest BCUT2D eigenvalue weighted by molar-refractivity contribution is 5.77. The summed E-state index contributed by atoms with van der Waals surface area (Å²) in [6.07, 6.45) is -1.81. The van der Waals surface area contributed by atoms with E-state index in [1.165, 1.54) is 12.1 Å². The summed E-state index contributed by atoms with van der Waals surface area (Å²) >= 11 is 0. The Morgan fingerprint density at radius 1 is 1.00 bits per heavy atom. The molecule has 0 saturated carbocycles. The van der Waals surface area contributed by atoms with Crippen LogP contribution >= 0.6 is 0 Å². The molecule has 3 atom stereocenters. The molecule has 2 fully saturated rings. The van der Waals surface area contributed by atoms with Gasteiger partial charge in [0.05, 0.1) is 17.0 Å². The van der Waals surface area contributed by atoms with E-state index in [9.17, 15) is 22.8 Å². The standard InChI is InChI=1S/C23H26F3N5O3/c24-23(25,26)18-4-1-14(2-5-18)13-34-22(33)31-11-16-9-30(10-17(16)12-31)21(32)8-15-3-6-19-20(7-15)28-29-27-19/h1-2,4-5,15-17H,3,6-13H2,(H,27,28,29). The van der Waals surface area contributed by atoms with Gasteiger partial charge in [-0.15, -0.1) is 0 Å². The number of carbonyl (C=O) groups excluding carboxylic acids is 2. The molecule has 3 unspecified atom stereocenters. The molecule has 0 spiro atoms. The number of amides is 2. The number of aromatic nitrogens is 3. The minimum absolute atomic E-state index is 0.0813. The van der Waals surface area contributed by atoms with Gasteiger partial charge in [0.2, 0.25) is 5.91 Å². The fourth-order valence-electron chi connectivity index (χ4n) is 5.28. The van der Waals surface area contributed by atoms with Gasteiger partial charge in [-0.1, -0.05) is 12.1 Å². The van der Waals surface area contributed by atoms with Crippen LogP contribution in [-0.2, 0) is 35.2 Å². The highest BCUT2D eigenvalue weighted by Crippen LogP contribution is 2.33. The van der Waals surface area contributed by atoms with Gasteiger partial charge >= 0.3 is 12.3 Å². The number of likely N-dealkylation sites (tertiary alicyclic amines) is 2. The SMILES string of the molecule is O=C(CC1CCc2n[nH]nc2C1)N1CC2CN(C(=O)OCc3ccc(C(F)(F)F)cc3)CC2C1. The summed E-state index contributed by atoms with van der Waals surface area (Å²) in [7, 11) is 0. The molecule has 2 saturated heterocycles. The van der Waals surface area contributed by atoms with Crippen molar-refractivity contribution in [3.8, 4) is 0 Å². The molecular formula is C23H26F3N5O3. The van der Waals surface area contributed by atoms with Crippen molar-refractivity contribution in [2.75, 3.05) is 26.2 Å². The minimum atomic E-state index is -4.39. The van der Waals surface area contributed by atoms with Gasteiger partial charge in [-0.3, -0.25) is 4.79 Å². The van der Waals surface area contributed by atoms with E-state index in [0.717, 1.165) is 42.8 Å². The van der Waals surface area contributed by atoms with E-state index in [4.69, 9.17) is 4.74 Å². The van der Waals surface area contributed by atoms with E-state index in [0.29, 0.717) is 38.2 Å². The van der Waals surface area contributed by atoms with Crippen molar-refractivity contribution in [2.45, 2.75) is 38.5 Å². The van der Waals surface area contributed by atoms with E-state index >= 15 is 0 Å². The van der Waals surface area contributed by atoms with Crippen LogP contribution in [-0.4, -0.2) is 63.4 Å². The third-order valence-corrected chi connectivity index (χ3v) is 7.18. The molecule has 2 aliphatic heterocycles. The lowest BCUT2D eigenvalue weighted by Crippen LogP contribution is -2.36. The lowest BCUT2D eigenvalue weighted by Gasteiger charge is -2.25. The maximum absolute atomic E-state index is 12.9. The first-order valence-electron chi connectivity index (χ1n) is 11.5. The number of nitrogens with one attached hydrogen (secondary N) is 1. The predicted octanol–water partition coefficient (Wildman–Crippen LogP) is 3.05. The molecule has 1 aromatic carbocycles. The molecule has 0 radical (unpaired) electrons. The van der Waals surface area contributed by atoms with Crippen LogP contribution in [0.15, 0.2) is 24.3 Å². The van der Waals surface area contributed by atoms with Crippen molar-refractivity contribution >= 4 is 12.0 Å². The van der Waals surface area contributed by atoms with Gasteiger partial charge in [-0.2, -0.15) is 28.6 Å². The molecule has 34 heavy (non-hydrogen) atoms. The number of fused-ring (bicyclic) bond motifs is 2. The average Bonchev–Trinajstić information content (AvgIpc) is 3.51. The number of carbonyl (C=O) groups is 2. The largest absolute Gasteiger partial charge is 0.445 e. The van der Waals surface area contributed by atoms with Crippen LogP contribution in [0.4, 0.5) is 18.0 Å². The second-order valence-electron chi connectivity index (χ2n) is 9.50. The van der Waals surface area contributed by atoms with Gasteiger partial charge in [-0.25, -0.2) is 4.79 Å². The Bertz CT molecular complexity index is 1040. The molecule has 8 nitrogen and oxygen atoms in total. The van der Waals surface area contributed by atoms with Crippen LogP contribution in [0, 0.1) is 17.8 Å². The second kappa shape index (κ2) is 8.92. The summed E-state index contributed by atoms with van der Waals surface area (Å²) in [5.41, 5.74) is 1.73. The van der Waals surface area contributed by atoms with E-state index in [2.05, 4.69) is 15.4 Å². The molecule has 11 heteroatoms. The number of alkyl halides is 3. The fraction of sp³-hybridized carbons (Fsp3) is 0.565. The quantitative estimate of drug-likeness (QED) is 0.731. The maximum atomic E-state index is 12.9. The smallest absolute Gasteiger partial charge is 0.416 e. The summed E-state index contributed by atoms with van der Waals surface area (Å²) < 4.78 is 43.3. The Morgan fingerprint density at radius 3 is 2.32 bits per heavy atom. The van der Waals surface area contributed by atoms with Crippen molar-refractivity contribution in [1.29, 1.82) is 0 Å². The highest BCUT2D eigenvalue weighted by atomic mass is 19.4. The van der Waals surface area contributed by atoms with Crippen molar-refractivity contribution in [1.82, 2.24) is 25.2 Å². The number of nitrogens with zero attached hydrogens (tertiary/aromatic N) is 4. The van der Waals surface area contributed by atoms with E-state index in [1.807, 2.05) is 4.90 Å². The Morgan fingerprint density at radius 2 is 1.65 bits per heavy atom. The first kappa shape index (κ1) is 22.7. The number of hydrogen-bond acceptors (Lipinski definition) is 5. The summed E-state index contributed by atoms with van der Waals surface area (Å²) in [6.45, 7) is 2.22. The maximum Gasteiger partial charge on any atom is 0.416 e. The van der Waals surface area contributed by atoms with E-state index in [1.54, 1.807) is 4.90 Å². The van der Waals surface area contributed by atoms with Gasteiger partial charge in [0.1, 0.15) is 6.61 Å². The fourth-order valence-corrected chi connectivity index (χ4v) is 5.28. The molecule has 182 valence electrons. The van der Waals surface area contributed by atoms with Crippen LogP contribution in [0.3, 0.4) is 0 Å². The summed E-state index contributed by atoms with van der Waals surface area (Å²) in [6, 6.07) is 4.59. The third kappa shape index (κ3) is 4.74. The average molecular weight is 477 g/mol. The predicted molar refractivity (Wildman–Crippen MR) is 113 cm³/mol. The van der Waals surface area contributed by atoms with Crippen molar-refractivity contribution in [2.24, 2.45) is 17.8 Å². The zero-order chi connectivity index (χ0) is 23.9. The molecule has 2 aromatic rings. The molecule has 3 heterocycles. The lowest BCUT2D eigenvalue weighted by molar-refractivity contribution is -0.137. The van der Waals surface area contributed by atoms with Gasteiger partial charge < -0.3 is 14.5 Å². The van der Waals surface area contributed by atoms with E-state index in [-0.39, 0.29) is 30.3 Å². The molecule has 1 N–H and O–H groups in total. The molecule has 1 aromatic heterocycles. The van der Waals surface area contributed by atoms with Crippen LogP contribution in [0.2, 0.25) is 0 Å². The van der Waals surface area contributed by atoms with Crippen molar-refractivity contribution in [3.63, 3.8) is 0 Å². The third-order valence-electron chi connectivity index (χ3n) is 7.18. The van der Waals surface area contributed by atoms with Gasteiger partial charge in [0.15, 0.2) is 0 Å². The zero-order valence-corrected chi connectivity index (χ0v) is 18.6. The minimum Gasteiger partial charge on any atom is -0.445 e. The number of ether oxygens (including phenoxy) is 1. The van der Waals surface area contributed by atoms with Crippen LogP contribution in [0.1, 0.15) is 35.4 Å². The summed E-state index contributed by atoms with van der Waals surface area (Å²) in [5.74, 6) is 0.872. The highest BCUT2D eigenvalue weighted by Gasteiger charge is 2.43. The Balaban J connectivity index is 1.06. The summed E-state index contributed by atoms with van der Waals surface area (Å²) in [4.78, 5) is 28.9. The van der Waals surface area contributed by atoms with Crippen molar-refractivity contribution < 1.29 is 27.5 Å². The number of aromatic amines is 1. The lowest BCUT2D eigenvalue weighted by atomic mass is 9.87. The van der Waals surface area contributed by atoms with Crippen LogP contribution in [0.5, 0.6) is 0 Å². The molecule has 3 aliphatic rings. The van der Waals surface area contributed by atoms with Crippen molar-refractivity contribution in [3.05, 3.63) is 46.8 Å². The molecule has 1 aliphatic carbocycles.